The molecule has 3 nitrogen and oxygen atoms in total. The standard InChI is InChI=1S/C23H30ClNO2S/c1-23(2,28(26,27)22-12-4-3-5-13-22)14-8-16-25-15-7-10-20(18-25)19-9-6-11-21(24)17-19/h3-6,9,11-13,17,20H,7-8,10,14-16,18H2,1-2H3. The molecule has 1 atom stereocenters. The summed E-state index contributed by atoms with van der Waals surface area (Å²) >= 11 is 6.16. The summed E-state index contributed by atoms with van der Waals surface area (Å²) in [5.41, 5.74) is 1.31. The summed E-state index contributed by atoms with van der Waals surface area (Å²) in [5, 5.41) is 0.794. The molecule has 3 rings (SSSR count). The third-order valence-electron chi connectivity index (χ3n) is 5.86. The smallest absolute Gasteiger partial charge is 0.183 e. The van der Waals surface area contributed by atoms with Crippen molar-refractivity contribution in [1.29, 1.82) is 0 Å². The molecule has 2 aromatic rings. The second-order valence-corrected chi connectivity index (χ2v) is 11.4. The highest BCUT2D eigenvalue weighted by Crippen LogP contribution is 2.31. The van der Waals surface area contributed by atoms with Crippen molar-refractivity contribution >= 4 is 21.4 Å². The summed E-state index contributed by atoms with van der Waals surface area (Å²) in [6.07, 6.45) is 3.89. The van der Waals surface area contributed by atoms with Crippen LogP contribution in [-0.2, 0) is 9.84 Å². The molecule has 1 heterocycles. The van der Waals surface area contributed by atoms with E-state index in [0.29, 0.717) is 17.2 Å². The Morgan fingerprint density at radius 3 is 2.57 bits per heavy atom. The molecule has 1 aliphatic heterocycles. The van der Waals surface area contributed by atoms with Crippen molar-refractivity contribution in [2.24, 2.45) is 0 Å². The third kappa shape index (κ3) is 4.97. The van der Waals surface area contributed by atoms with Gasteiger partial charge in [-0.2, -0.15) is 0 Å². The van der Waals surface area contributed by atoms with E-state index in [0.717, 1.165) is 31.1 Å². The van der Waals surface area contributed by atoms with Crippen molar-refractivity contribution in [2.45, 2.75) is 55.1 Å². The molecule has 152 valence electrons. The van der Waals surface area contributed by atoms with Gasteiger partial charge in [0.2, 0.25) is 0 Å². The summed E-state index contributed by atoms with van der Waals surface area (Å²) in [7, 11) is -3.33. The van der Waals surface area contributed by atoms with E-state index in [4.69, 9.17) is 11.6 Å². The molecule has 1 aliphatic rings. The first kappa shape index (κ1) is 21.4. The van der Waals surface area contributed by atoms with Crippen LogP contribution in [0.2, 0.25) is 5.02 Å². The molecule has 2 aromatic carbocycles. The third-order valence-corrected chi connectivity index (χ3v) is 8.65. The van der Waals surface area contributed by atoms with E-state index in [1.165, 1.54) is 18.4 Å². The summed E-state index contributed by atoms with van der Waals surface area (Å²) in [5.74, 6) is 0.508. The first-order valence-electron chi connectivity index (χ1n) is 10.1. The number of rotatable bonds is 7. The van der Waals surface area contributed by atoms with Gasteiger partial charge in [-0.15, -0.1) is 0 Å². The molecule has 0 aliphatic carbocycles. The van der Waals surface area contributed by atoms with Crippen molar-refractivity contribution in [2.75, 3.05) is 19.6 Å². The maximum Gasteiger partial charge on any atom is 0.183 e. The van der Waals surface area contributed by atoms with Gasteiger partial charge in [0.25, 0.3) is 0 Å². The largest absolute Gasteiger partial charge is 0.303 e. The van der Waals surface area contributed by atoms with Crippen molar-refractivity contribution in [3.8, 4) is 0 Å². The minimum atomic E-state index is -3.33. The quantitative estimate of drug-likeness (QED) is 0.590. The van der Waals surface area contributed by atoms with Crippen LogP contribution in [0.4, 0.5) is 0 Å². The van der Waals surface area contributed by atoms with Gasteiger partial charge >= 0.3 is 0 Å². The molecule has 1 unspecified atom stereocenters. The summed E-state index contributed by atoms with van der Waals surface area (Å²) < 4.78 is 25.2. The van der Waals surface area contributed by atoms with E-state index in [2.05, 4.69) is 17.0 Å². The van der Waals surface area contributed by atoms with Crippen molar-refractivity contribution in [3.63, 3.8) is 0 Å². The minimum absolute atomic E-state index is 0.416. The lowest BCUT2D eigenvalue weighted by Crippen LogP contribution is -2.37. The molecule has 5 heteroatoms. The van der Waals surface area contributed by atoms with Crippen LogP contribution in [0.5, 0.6) is 0 Å². The Balaban J connectivity index is 1.57. The molecule has 0 aromatic heterocycles. The summed E-state index contributed by atoms with van der Waals surface area (Å²) in [6.45, 7) is 6.74. The van der Waals surface area contributed by atoms with Crippen LogP contribution in [0.1, 0.15) is 51.0 Å². The highest BCUT2D eigenvalue weighted by atomic mass is 35.5. The lowest BCUT2D eigenvalue weighted by atomic mass is 9.90. The average molecular weight is 420 g/mol. The maximum atomic E-state index is 13.0. The van der Waals surface area contributed by atoms with E-state index in [-0.39, 0.29) is 0 Å². The number of halogens is 1. The number of benzene rings is 2. The van der Waals surface area contributed by atoms with Gasteiger partial charge in [0, 0.05) is 11.6 Å². The first-order valence-corrected chi connectivity index (χ1v) is 11.9. The van der Waals surface area contributed by atoms with E-state index in [1.54, 1.807) is 24.3 Å². The number of hydrogen-bond donors (Lipinski definition) is 0. The Bertz CT molecular complexity index is 880. The Morgan fingerprint density at radius 1 is 1.11 bits per heavy atom. The van der Waals surface area contributed by atoms with Gasteiger partial charge in [0.15, 0.2) is 9.84 Å². The minimum Gasteiger partial charge on any atom is -0.303 e. The van der Waals surface area contributed by atoms with Gasteiger partial charge in [-0.25, -0.2) is 8.42 Å². The summed E-state index contributed by atoms with van der Waals surface area (Å²) in [4.78, 5) is 2.89. The molecule has 0 amide bonds. The molecule has 0 N–H and O–H groups in total. The van der Waals surface area contributed by atoms with Crippen LogP contribution >= 0.6 is 11.6 Å². The van der Waals surface area contributed by atoms with E-state index in [1.807, 2.05) is 32.0 Å². The molecule has 28 heavy (non-hydrogen) atoms. The van der Waals surface area contributed by atoms with Gasteiger partial charge in [-0.3, -0.25) is 0 Å². The Morgan fingerprint density at radius 2 is 1.86 bits per heavy atom. The number of nitrogens with zero attached hydrogens (tertiary/aromatic N) is 1. The van der Waals surface area contributed by atoms with Crippen LogP contribution in [0, 0.1) is 0 Å². The topological polar surface area (TPSA) is 37.4 Å². The first-order chi connectivity index (χ1) is 13.3. The number of piperidine rings is 1. The molecule has 0 saturated carbocycles. The normalized spacial score (nSPS) is 18.9. The van der Waals surface area contributed by atoms with Gasteiger partial charge in [-0.05, 0) is 88.4 Å². The van der Waals surface area contributed by atoms with Gasteiger partial charge < -0.3 is 4.90 Å². The zero-order chi connectivity index (χ0) is 20.2. The molecule has 1 saturated heterocycles. The Labute approximate surface area is 174 Å². The fourth-order valence-electron chi connectivity index (χ4n) is 4.07. The predicted molar refractivity (Wildman–Crippen MR) is 117 cm³/mol. The van der Waals surface area contributed by atoms with Crippen molar-refractivity contribution in [1.82, 2.24) is 4.90 Å². The van der Waals surface area contributed by atoms with E-state index < -0.39 is 14.6 Å². The van der Waals surface area contributed by atoms with Crippen LogP contribution in [0.3, 0.4) is 0 Å². The fourth-order valence-corrected chi connectivity index (χ4v) is 5.84. The zero-order valence-corrected chi connectivity index (χ0v) is 18.3. The Kier molecular flexibility index (Phi) is 6.85. The number of likely N-dealkylation sites (tertiary alicyclic amines) is 1. The fraction of sp³-hybridized carbons (Fsp3) is 0.478. The van der Waals surface area contributed by atoms with Crippen LogP contribution in [0.25, 0.3) is 0 Å². The molecule has 0 radical (unpaired) electrons. The number of sulfone groups is 1. The van der Waals surface area contributed by atoms with Crippen LogP contribution in [-0.4, -0.2) is 37.7 Å². The second kappa shape index (κ2) is 8.98. The van der Waals surface area contributed by atoms with Crippen molar-refractivity contribution in [3.05, 3.63) is 65.2 Å². The van der Waals surface area contributed by atoms with E-state index in [9.17, 15) is 8.42 Å². The monoisotopic (exact) mass is 419 g/mol. The SMILES string of the molecule is CC(C)(CCCN1CCCC(c2cccc(Cl)c2)C1)S(=O)(=O)c1ccccc1. The maximum absolute atomic E-state index is 13.0. The molecular formula is C23H30ClNO2S. The molecule has 0 bridgehead atoms. The van der Waals surface area contributed by atoms with E-state index >= 15 is 0 Å². The predicted octanol–water partition coefficient (Wildman–Crippen LogP) is 5.55. The summed E-state index contributed by atoms with van der Waals surface area (Å²) in [6, 6.07) is 17.0. The second-order valence-electron chi connectivity index (χ2n) is 8.37. The van der Waals surface area contributed by atoms with Crippen LogP contribution in [0.15, 0.2) is 59.5 Å². The van der Waals surface area contributed by atoms with Crippen molar-refractivity contribution < 1.29 is 8.42 Å². The number of hydrogen-bond acceptors (Lipinski definition) is 3. The van der Waals surface area contributed by atoms with Gasteiger partial charge in [0.05, 0.1) is 9.64 Å². The van der Waals surface area contributed by atoms with Gasteiger partial charge in [0.1, 0.15) is 0 Å². The average Bonchev–Trinajstić information content (AvgIpc) is 2.68. The van der Waals surface area contributed by atoms with Crippen LogP contribution < -0.4 is 0 Å². The molecule has 0 spiro atoms. The highest BCUT2D eigenvalue weighted by Gasteiger charge is 2.35. The lowest BCUT2D eigenvalue weighted by Gasteiger charge is -2.34. The zero-order valence-electron chi connectivity index (χ0n) is 16.8. The Hall–Kier alpha value is -1.36. The molecular weight excluding hydrogens is 390 g/mol. The van der Waals surface area contributed by atoms with Gasteiger partial charge in [-0.1, -0.05) is 41.9 Å². The highest BCUT2D eigenvalue weighted by molar-refractivity contribution is 7.92. The molecule has 1 fully saturated rings. The lowest BCUT2D eigenvalue weighted by molar-refractivity contribution is 0.202.